The molecule has 0 aromatic carbocycles. The Kier molecular flexibility index (Phi) is 8.31. The summed E-state index contributed by atoms with van der Waals surface area (Å²) in [6, 6.07) is 0. The average Bonchev–Trinajstić information content (AvgIpc) is 2.20. The largest absolute Gasteiger partial charge is 0.282 e. The SMILES string of the molecule is Cc1n[nH]c(C)c1CCBr.Cl.Cl. The number of nitrogens with zero attached hydrogens (tertiary/aromatic N) is 1. The van der Waals surface area contributed by atoms with Gasteiger partial charge in [-0.15, -0.1) is 24.8 Å². The summed E-state index contributed by atoms with van der Waals surface area (Å²) < 4.78 is 0. The molecular formula is C7H13BrCl2N2. The highest BCUT2D eigenvalue weighted by atomic mass is 79.9. The van der Waals surface area contributed by atoms with E-state index in [1.807, 2.05) is 6.92 Å². The molecule has 1 aromatic heterocycles. The van der Waals surface area contributed by atoms with Crippen LogP contribution in [0.5, 0.6) is 0 Å². The van der Waals surface area contributed by atoms with Crippen LogP contribution < -0.4 is 0 Å². The molecule has 5 heteroatoms. The molecule has 0 aliphatic rings. The van der Waals surface area contributed by atoms with Crippen molar-refractivity contribution in [2.24, 2.45) is 0 Å². The van der Waals surface area contributed by atoms with E-state index in [1.54, 1.807) is 0 Å². The van der Waals surface area contributed by atoms with Crippen LogP contribution in [0.1, 0.15) is 17.0 Å². The Labute approximate surface area is 93.5 Å². The normalized spacial score (nSPS) is 8.58. The molecule has 1 heterocycles. The number of alkyl halides is 1. The van der Waals surface area contributed by atoms with E-state index in [2.05, 4.69) is 33.1 Å². The fourth-order valence-electron chi connectivity index (χ4n) is 1.04. The maximum atomic E-state index is 4.09. The van der Waals surface area contributed by atoms with Gasteiger partial charge in [-0.25, -0.2) is 0 Å². The minimum atomic E-state index is 0. The van der Waals surface area contributed by atoms with Crippen LogP contribution in [-0.2, 0) is 6.42 Å². The van der Waals surface area contributed by atoms with E-state index in [0.717, 1.165) is 17.4 Å². The molecular weight excluding hydrogens is 263 g/mol. The Hall–Kier alpha value is 0.270. The molecule has 1 N–H and O–H groups in total. The fourth-order valence-corrected chi connectivity index (χ4v) is 1.43. The molecule has 0 bridgehead atoms. The van der Waals surface area contributed by atoms with Crippen molar-refractivity contribution in [3.8, 4) is 0 Å². The lowest BCUT2D eigenvalue weighted by atomic mass is 10.1. The van der Waals surface area contributed by atoms with Crippen LogP contribution in [0.4, 0.5) is 0 Å². The van der Waals surface area contributed by atoms with Gasteiger partial charge in [-0.3, -0.25) is 5.10 Å². The van der Waals surface area contributed by atoms with Crippen molar-refractivity contribution in [3.63, 3.8) is 0 Å². The van der Waals surface area contributed by atoms with Crippen molar-refractivity contribution >= 4 is 40.7 Å². The third-order valence-corrected chi connectivity index (χ3v) is 2.02. The molecule has 0 spiro atoms. The van der Waals surface area contributed by atoms with Crippen LogP contribution in [0.3, 0.4) is 0 Å². The number of aromatic amines is 1. The number of hydrogen-bond acceptors (Lipinski definition) is 1. The van der Waals surface area contributed by atoms with E-state index in [-0.39, 0.29) is 24.8 Å². The Bertz CT molecular complexity index is 206. The molecule has 0 saturated carbocycles. The highest BCUT2D eigenvalue weighted by molar-refractivity contribution is 9.09. The van der Waals surface area contributed by atoms with E-state index in [0.29, 0.717) is 0 Å². The Morgan fingerprint density at radius 1 is 1.33 bits per heavy atom. The molecule has 0 radical (unpaired) electrons. The smallest absolute Gasteiger partial charge is 0.0626 e. The lowest BCUT2D eigenvalue weighted by Crippen LogP contribution is -1.88. The van der Waals surface area contributed by atoms with Gasteiger partial charge in [-0.05, 0) is 25.8 Å². The van der Waals surface area contributed by atoms with Crippen LogP contribution in [0.25, 0.3) is 0 Å². The molecule has 1 aromatic rings. The molecule has 12 heavy (non-hydrogen) atoms. The minimum Gasteiger partial charge on any atom is -0.282 e. The molecule has 2 nitrogen and oxygen atoms in total. The Balaban J connectivity index is 0. The molecule has 0 saturated heterocycles. The number of hydrogen-bond donors (Lipinski definition) is 1. The second-order valence-electron chi connectivity index (χ2n) is 2.35. The van der Waals surface area contributed by atoms with Crippen molar-refractivity contribution in [2.45, 2.75) is 20.3 Å². The molecule has 0 aliphatic heterocycles. The summed E-state index contributed by atoms with van der Waals surface area (Å²) in [6.45, 7) is 4.08. The van der Waals surface area contributed by atoms with E-state index in [1.165, 1.54) is 11.3 Å². The summed E-state index contributed by atoms with van der Waals surface area (Å²) in [5, 5.41) is 8.05. The van der Waals surface area contributed by atoms with Gasteiger partial charge in [0, 0.05) is 11.0 Å². The van der Waals surface area contributed by atoms with Gasteiger partial charge in [0.25, 0.3) is 0 Å². The summed E-state index contributed by atoms with van der Waals surface area (Å²) in [5.41, 5.74) is 3.66. The lowest BCUT2D eigenvalue weighted by molar-refractivity contribution is 1.02. The van der Waals surface area contributed by atoms with Gasteiger partial charge < -0.3 is 0 Å². The van der Waals surface area contributed by atoms with Gasteiger partial charge >= 0.3 is 0 Å². The summed E-state index contributed by atoms with van der Waals surface area (Å²) in [6.07, 6.45) is 1.06. The van der Waals surface area contributed by atoms with Crippen molar-refractivity contribution in [2.75, 3.05) is 5.33 Å². The van der Waals surface area contributed by atoms with Crippen molar-refractivity contribution < 1.29 is 0 Å². The first-order valence-electron chi connectivity index (χ1n) is 3.32. The maximum absolute atomic E-state index is 4.09. The second-order valence-corrected chi connectivity index (χ2v) is 3.14. The monoisotopic (exact) mass is 274 g/mol. The van der Waals surface area contributed by atoms with E-state index in [4.69, 9.17) is 0 Å². The minimum absolute atomic E-state index is 0. The van der Waals surface area contributed by atoms with E-state index >= 15 is 0 Å². The van der Waals surface area contributed by atoms with Crippen LogP contribution in [0.2, 0.25) is 0 Å². The third-order valence-electron chi connectivity index (χ3n) is 1.63. The molecule has 0 atom stereocenters. The number of aromatic nitrogens is 2. The topological polar surface area (TPSA) is 28.7 Å². The number of H-pyrrole nitrogens is 1. The first-order valence-corrected chi connectivity index (χ1v) is 4.44. The molecule has 0 amide bonds. The van der Waals surface area contributed by atoms with Gasteiger partial charge in [-0.1, -0.05) is 15.9 Å². The molecule has 0 unspecified atom stereocenters. The first kappa shape index (κ1) is 14.8. The van der Waals surface area contributed by atoms with Crippen LogP contribution in [0, 0.1) is 13.8 Å². The molecule has 0 fully saturated rings. The zero-order chi connectivity index (χ0) is 7.56. The predicted molar refractivity (Wildman–Crippen MR) is 60.1 cm³/mol. The summed E-state index contributed by atoms with van der Waals surface area (Å²) in [7, 11) is 0. The van der Waals surface area contributed by atoms with E-state index < -0.39 is 0 Å². The highest BCUT2D eigenvalue weighted by Gasteiger charge is 2.03. The molecule has 1 rings (SSSR count). The first-order chi connectivity index (χ1) is 4.75. The van der Waals surface area contributed by atoms with Gasteiger partial charge in [0.05, 0.1) is 5.69 Å². The van der Waals surface area contributed by atoms with Crippen molar-refractivity contribution in [3.05, 3.63) is 17.0 Å². The quantitative estimate of drug-likeness (QED) is 0.827. The predicted octanol–water partition coefficient (Wildman–Crippen LogP) is 2.81. The van der Waals surface area contributed by atoms with Crippen molar-refractivity contribution in [1.29, 1.82) is 0 Å². The standard InChI is InChI=1S/C7H11BrN2.2ClH/c1-5-7(3-4-8)6(2)10-9-5;;/h3-4H2,1-2H3,(H,9,10);2*1H. The third kappa shape index (κ3) is 3.33. The number of nitrogens with one attached hydrogen (secondary N) is 1. The number of aryl methyl sites for hydroxylation is 2. The van der Waals surface area contributed by atoms with Crippen molar-refractivity contribution in [1.82, 2.24) is 10.2 Å². The fraction of sp³-hybridized carbons (Fsp3) is 0.571. The average molecular weight is 276 g/mol. The van der Waals surface area contributed by atoms with Gasteiger partial charge in [0.2, 0.25) is 0 Å². The number of rotatable bonds is 2. The van der Waals surface area contributed by atoms with Crippen LogP contribution in [0.15, 0.2) is 0 Å². The Morgan fingerprint density at radius 2 is 1.92 bits per heavy atom. The summed E-state index contributed by atoms with van der Waals surface area (Å²) in [5.74, 6) is 0. The molecule has 72 valence electrons. The van der Waals surface area contributed by atoms with Gasteiger partial charge in [-0.2, -0.15) is 5.10 Å². The van der Waals surface area contributed by atoms with E-state index in [9.17, 15) is 0 Å². The van der Waals surface area contributed by atoms with Gasteiger partial charge in [0.1, 0.15) is 0 Å². The van der Waals surface area contributed by atoms with Gasteiger partial charge in [0.15, 0.2) is 0 Å². The zero-order valence-electron chi connectivity index (χ0n) is 7.06. The van der Waals surface area contributed by atoms with Crippen LogP contribution >= 0.6 is 40.7 Å². The Morgan fingerprint density at radius 3 is 2.25 bits per heavy atom. The maximum Gasteiger partial charge on any atom is 0.0626 e. The molecule has 0 aliphatic carbocycles. The lowest BCUT2D eigenvalue weighted by Gasteiger charge is -1.94. The van der Waals surface area contributed by atoms with Crippen LogP contribution in [-0.4, -0.2) is 15.5 Å². The number of halogens is 3. The zero-order valence-corrected chi connectivity index (χ0v) is 10.3. The summed E-state index contributed by atoms with van der Waals surface area (Å²) >= 11 is 3.40. The summed E-state index contributed by atoms with van der Waals surface area (Å²) in [4.78, 5) is 0. The second kappa shape index (κ2) is 6.75. The highest BCUT2D eigenvalue weighted by Crippen LogP contribution is 2.10.